The molecule has 3 aromatic rings. The third-order valence-corrected chi connectivity index (χ3v) is 5.34. The third kappa shape index (κ3) is 5.06. The molecular weight excluding hydrogens is 406 g/mol. The van der Waals surface area contributed by atoms with E-state index >= 15 is 0 Å². The Balaban J connectivity index is 1.51. The van der Waals surface area contributed by atoms with Gasteiger partial charge in [-0.2, -0.15) is 0 Å². The Labute approximate surface area is 177 Å². The quantitative estimate of drug-likeness (QED) is 0.522. The van der Waals surface area contributed by atoms with Gasteiger partial charge in [-0.25, -0.2) is 0 Å². The van der Waals surface area contributed by atoms with Gasteiger partial charge in [-0.3, -0.25) is 25.2 Å². The van der Waals surface area contributed by atoms with E-state index in [2.05, 4.69) is 16.2 Å². The molecule has 8 nitrogen and oxygen atoms in total. The van der Waals surface area contributed by atoms with Gasteiger partial charge in [-0.1, -0.05) is 12.1 Å². The summed E-state index contributed by atoms with van der Waals surface area (Å²) in [5.41, 5.74) is 6.70. The number of carbonyl (C=O) groups excluding carboxylic acids is 3. The lowest BCUT2D eigenvalue weighted by Gasteiger charge is -2.17. The molecular formula is C21H21N3O5S. The molecule has 2 heterocycles. The molecule has 0 saturated heterocycles. The fraction of sp³-hybridized carbons (Fsp3) is 0.190. The maximum atomic E-state index is 12.3. The van der Waals surface area contributed by atoms with Crippen molar-refractivity contribution < 1.29 is 23.5 Å². The number of hydrogen-bond donors (Lipinski definition) is 3. The average molecular weight is 427 g/mol. The summed E-state index contributed by atoms with van der Waals surface area (Å²) in [4.78, 5) is 36.8. The number of rotatable bonds is 6. The number of thiophene rings is 1. The topological polar surface area (TPSA) is 110 Å². The van der Waals surface area contributed by atoms with Crippen LogP contribution in [-0.2, 0) is 4.79 Å². The molecule has 9 heteroatoms. The Kier molecular flexibility index (Phi) is 6.53. The van der Waals surface area contributed by atoms with Crippen molar-refractivity contribution in [3.8, 4) is 5.75 Å². The zero-order valence-electron chi connectivity index (χ0n) is 16.6. The van der Waals surface area contributed by atoms with Gasteiger partial charge in [0, 0.05) is 0 Å². The predicted molar refractivity (Wildman–Crippen MR) is 113 cm³/mol. The highest BCUT2D eigenvalue weighted by molar-refractivity contribution is 7.18. The molecule has 0 spiro atoms. The van der Waals surface area contributed by atoms with Gasteiger partial charge in [0.2, 0.25) is 0 Å². The number of hydrogen-bond acceptors (Lipinski definition) is 6. The molecule has 0 radical (unpaired) electrons. The summed E-state index contributed by atoms with van der Waals surface area (Å²) in [7, 11) is 0. The fourth-order valence-electron chi connectivity index (χ4n) is 2.49. The van der Waals surface area contributed by atoms with E-state index in [0.717, 1.165) is 22.5 Å². The van der Waals surface area contributed by atoms with Gasteiger partial charge in [-0.05, 0) is 62.2 Å². The first-order chi connectivity index (χ1) is 14.3. The number of furan rings is 1. The highest BCUT2D eigenvalue weighted by atomic mass is 32.1. The van der Waals surface area contributed by atoms with Crippen molar-refractivity contribution in [3.05, 3.63) is 70.5 Å². The number of amides is 3. The van der Waals surface area contributed by atoms with Crippen LogP contribution in [0.15, 0.2) is 53.1 Å². The Hall–Kier alpha value is -3.59. The number of nitrogens with one attached hydrogen (secondary N) is 3. The second-order valence-electron chi connectivity index (χ2n) is 6.50. The van der Waals surface area contributed by atoms with E-state index in [4.69, 9.17) is 9.15 Å². The van der Waals surface area contributed by atoms with Gasteiger partial charge in [-0.15, -0.1) is 11.3 Å². The molecule has 3 N–H and O–H groups in total. The van der Waals surface area contributed by atoms with E-state index in [9.17, 15) is 14.4 Å². The number of anilines is 1. The standard InChI is InChI=1S/C21H21N3O5S/c1-12-6-4-7-15(13(12)2)29-14(3)19(25)23-24-21(27)17-9-10-18(30-17)22-20(26)16-8-5-11-28-16/h4-11,14H,1-3H3,(H,22,26)(H,23,25)(H,24,27)/t14-/m0/s1. The monoisotopic (exact) mass is 427 g/mol. The van der Waals surface area contributed by atoms with Crippen LogP contribution in [0.1, 0.15) is 38.3 Å². The minimum Gasteiger partial charge on any atom is -0.481 e. The first-order valence-corrected chi connectivity index (χ1v) is 9.94. The van der Waals surface area contributed by atoms with Crippen molar-refractivity contribution in [2.24, 2.45) is 0 Å². The van der Waals surface area contributed by atoms with E-state index in [1.54, 1.807) is 31.2 Å². The van der Waals surface area contributed by atoms with Gasteiger partial charge >= 0.3 is 0 Å². The number of aryl methyl sites for hydroxylation is 1. The van der Waals surface area contributed by atoms with Crippen LogP contribution in [0.25, 0.3) is 0 Å². The highest BCUT2D eigenvalue weighted by Crippen LogP contribution is 2.23. The lowest BCUT2D eigenvalue weighted by molar-refractivity contribution is -0.128. The maximum absolute atomic E-state index is 12.3. The molecule has 0 unspecified atom stereocenters. The molecule has 0 bridgehead atoms. The van der Waals surface area contributed by atoms with E-state index in [0.29, 0.717) is 15.6 Å². The van der Waals surface area contributed by atoms with Crippen LogP contribution in [0.2, 0.25) is 0 Å². The van der Waals surface area contributed by atoms with Crippen LogP contribution in [0.5, 0.6) is 5.75 Å². The summed E-state index contributed by atoms with van der Waals surface area (Å²) in [6.07, 6.45) is 0.591. The van der Waals surface area contributed by atoms with E-state index in [-0.39, 0.29) is 5.76 Å². The van der Waals surface area contributed by atoms with Crippen molar-refractivity contribution in [3.63, 3.8) is 0 Å². The van der Waals surface area contributed by atoms with Crippen LogP contribution in [0, 0.1) is 13.8 Å². The SMILES string of the molecule is Cc1cccc(O[C@@H](C)C(=O)NNC(=O)c2ccc(NC(=O)c3ccco3)s2)c1C. The molecule has 0 fully saturated rings. The van der Waals surface area contributed by atoms with Gasteiger partial charge in [0.25, 0.3) is 17.7 Å². The lowest BCUT2D eigenvalue weighted by atomic mass is 10.1. The summed E-state index contributed by atoms with van der Waals surface area (Å²) >= 11 is 1.06. The number of hydrazine groups is 1. The summed E-state index contributed by atoms with van der Waals surface area (Å²) < 4.78 is 10.7. The Bertz CT molecular complexity index is 1060. The van der Waals surface area contributed by atoms with Crippen molar-refractivity contribution in [1.29, 1.82) is 0 Å². The molecule has 0 aliphatic rings. The van der Waals surface area contributed by atoms with Crippen LogP contribution in [-0.4, -0.2) is 23.8 Å². The second-order valence-corrected chi connectivity index (χ2v) is 7.58. The number of carbonyl (C=O) groups is 3. The Morgan fingerprint density at radius 3 is 2.53 bits per heavy atom. The molecule has 0 aliphatic carbocycles. The zero-order chi connectivity index (χ0) is 21.7. The third-order valence-electron chi connectivity index (χ3n) is 4.34. The van der Waals surface area contributed by atoms with Crippen LogP contribution < -0.4 is 20.9 Å². The molecule has 3 rings (SSSR count). The van der Waals surface area contributed by atoms with Gasteiger partial charge in [0.05, 0.1) is 16.1 Å². The maximum Gasteiger partial charge on any atom is 0.291 e. The predicted octanol–water partition coefficient (Wildman–Crippen LogP) is 3.44. The first kappa shape index (κ1) is 21.1. The van der Waals surface area contributed by atoms with Crippen molar-refractivity contribution in [1.82, 2.24) is 10.9 Å². The highest BCUT2D eigenvalue weighted by Gasteiger charge is 2.18. The number of ether oxygens (including phenoxy) is 1. The van der Waals surface area contributed by atoms with Crippen LogP contribution in [0.4, 0.5) is 5.00 Å². The second kappa shape index (κ2) is 9.27. The Morgan fingerprint density at radius 1 is 1.00 bits per heavy atom. The molecule has 2 aromatic heterocycles. The van der Waals surface area contributed by atoms with E-state index < -0.39 is 23.8 Å². The fourth-order valence-corrected chi connectivity index (χ4v) is 3.28. The molecule has 1 aromatic carbocycles. The molecule has 1 atom stereocenters. The van der Waals surface area contributed by atoms with Crippen LogP contribution in [0.3, 0.4) is 0 Å². The molecule has 30 heavy (non-hydrogen) atoms. The molecule has 0 saturated carbocycles. The van der Waals surface area contributed by atoms with Crippen molar-refractivity contribution in [2.75, 3.05) is 5.32 Å². The first-order valence-electron chi connectivity index (χ1n) is 9.13. The summed E-state index contributed by atoms with van der Waals surface area (Å²) in [5.74, 6) is -0.642. The van der Waals surface area contributed by atoms with Gasteiger partial charge in [0.15, 0.2) is 11.9 Å². The molecule has 3 amide bonds. The van der Waals surface area contributed by atoms with Crippen molar-refractivity contribution in [2.45, 2.75) is 26.9 Å². The summed E-state index contributed by atoms with van der Waals surface area (Å²) in [5, 5.41) is 3.11. The van der Waals surface area contributed by atoms with Crippen LogP contribution >= 0.6 is 11.3 Å². The summed E-state index contributed by atoms with van der Waals surface area (Å²) in [6.45, 7) is 5.46. The van der Waals surface area contributed by atoms with Crippen molar-refractivity contribution >= 4 is 34.1 Å². The minimum atomic E-state index is -0.808. The van der Waals surface area contributed by atoms with E-state index in [1.807, 2.05) is 26.0 Å². The van der Waals surface area contributed by atoms with Gasteiger partial charge < -0.3 is 14.5 Å². The van der Waals surface area contributed by atoms with Gasteiger partial charge in [0.1, 0.15) is 5.75 Å². The summed E-state index contributed by atoms with van der Waals surface area (Å²) in [6, 6.07) is 11.9. The smallest absolute Gasteiger partial charge is 0.291 e. The molecule has 156 valence electrons. The van der Waals surface area contributed by atoms with E-state index in [1.165, 1.54) is 12.3 Å². The molecule has 0 aliphatic heterocycles. The minimum absolute atomic E-state index is 0.166. The number of benzene rings is 1. The lowest BCUT2D eigenvalue weighted by Crippen LogP contribution is -2.47. The normalized spacial score (nSPS) is 11.4. The average Bonchev–Trinajstić information content (AvgIpc) is 3.41. The zero-order valence-corrected chi connectivity index (χ0v) is 17.5. The Morgan fingerprint density at radius 2 is 1.80 bits per heavy atom. The largest absolute Gasteiger partial charge is 0.481 e.